The Morgan fingerprint density at radius 2 is 2.20 bits per heavy atom. The monoisotopic (exact) mass is 274 g/mol. The number of aliphatic carboxylic acids is 1. The van der Waals surface area contributed by atoms with Crippen LogP contribution < -0.4 is 5.32 Å². The van der Waals surface area contributed by atoms with Crippen molar-refractivity contribution in [3.8, 4) is 0 Å². The van der Waals surface area contributed by atoms with E-state index >= 15 is 0 Å². The zero-order chi connectivity index (χ0) is 14.7. The predicted octanol–water partition coefficient (Wildman–Crippen LogP) is 2.32. The van der Waals surface area contributed by atoms with Crippen LogP contribution in [0.2, 0.25) is 0 Å². The van der Waals surface area contributed by atoms with Gasteiger partial charge in [0.25, 0.3) is 0 Å². The standard InChI is InChI=1S/C15H18N2O3/c1-9-6-10(2)13(15(19)20)12(7-9)14(18)17-11-4-3-5-16-8-11/h3-6,8,10,12-13H,7H2,1-2H3,(H,17,18)(H,19,20)/t10-,12+,13-/m1/s1. The third-order valence-electron chi connectivity index (χ3n) is 3.64. The number of hydrogen-bond donors (Lipinski definition) is 2. The van der Waals surface area contributed by atoms with Crippen LogP contribution >= 0.6 is 0 Å². The first-order valence-corrected chi connectivity index (χ1v) is 6.60. The van der Waals surface area contributed by atoms with Gasteiger partial charge in [0.1, 0.15) is 0 Å². The molecule has 1 aliphatic carbocycles. The molecule has 1 aromatic rings. The number of aromatic nitrogens is 1. The van der Waals surface area contributed by atoms with Crippen LogP contribution in [0.3, 0.4) is 0 Å². The van der Waals surface area contributed by atoms with Crippen molar-refractivity contribution in [3.63, 3.8) is 0 Å². The van der Waals surface area contributed by atoms with Gasteiger partial charge in [0, 0.05) is 6.20 Å². The van der Waals surface area contributed by atoms with Crippen molar-refractivity contribution < 1.29 is 14.7 Å². The van der Waals surface area contributed by atoms with Crippen LogP contribution in [0.15, 0.2) is 36.2 Å². The van der Waals surface area contributed by atoms with E-state index in [1.807, 2.05) is 19.9 Å². The van der Waals surface area contributed by atoms with Crippen LogP contribution in [0.4, 0.5) is 5.69 Å². The fraction of sp³-hybridized carbons (Fsp3) is 0.400. The highest BCUT2D eigenvalue weighted by Gasteiger charge is 2.39. The molecule has 0 saturated heterocycles. The molecule has 1 aromatic heterocycles. The van der Waals surface area contributed by atoms with Crippen LogP contribution in [0.25, 0.3) is 0 Å². The van der Waals surface area contributed by atoms with Gasteiger partial charge in [-0.05, 0) is 31.4 Å². The van der Waals surface area contributed by atoms with E-state index in [0.29, 0.717) is 12.1 Å². The van der Waals surface area contributed by atoms with Crippen molar-refractivity contribution in [2.75, 3.05) is 5.32 Å². The van der Waals surface area contributed by atoms with E-state index in [0.717, 1.165) is 5.57 Å². The maximum absolute atomic E-state index is 12.3. The van der Waals surface area contributed by atoms with Gasteiger partial charge < -0.3 is 10.4 Å². The van der Waals surface area contributed by atoms with E-state index < -0.39 is 17.8 Å². The zero-order valence-electron chi connectivity index (χ0n) is 11.5. The molecule has 2 N–H and O–H groups in total. The van der Waals surface area contributed by atoms with Crippen molar-refractivity contribution in [2.24, 2.45) is 17.8 Å². The summed E-state index contributed by atoms with van der Waals surface area (Å²) in [6.45, 7) is 3.77. The maximum atomic E-state index is 12.3. The summed E-state index contributed by atoms with van der Waals surface area (Å²) < 4.78 is 0. The van der Waals surface area contributed by atoms with Crippen LogP contribution in [-0.2, 0) is 9.59 Å². The highest BCUT2D eigenvalue weighted by atomic mass is 16.4. The van der Waals surface area contributed by atoms with Gasteiger partial charge >= 0.3 is 5.97 Å². The second-order valence-corrected chi connectivity index (χ2v) is 5.28. The lowest BCUT2D eigenvalue weighted by atomic mass is 9.73. The number of anilines is 1. The van der Waals surface area contributed by atoms with Gasteiger partial charge in [-0.3, -0.25) is 14.6 Å². The van der Waals surface area contributed by atoms with Crippen molar-refractivity contribution in [3.05, 3.63) is 36.2 Å². The Bertz CT molecular complexity index is 539. The van der Waals surface area contributed by atoms with Gasteiger partial charge in [0.05, 0.1) is 23.7 Å². The Morgan fingerprint density at radius 1 is 1.45 bits per heavy atom. The number of carboxylic acid groups (broad SMARTS) is 1. The Hall–Kier alpha value is -2.17. The van der Waals surface area contributed by atoms with Gasteiger partial charge in [-0.1, -0.05) is 18.6 Å². The number of pyridine rings is 1. The summed E-state index contributed by atoms with van der Waals surface area (Å²) in [4.78, 5) is 27.7. The summed E-state index contributed by atoms with van der Waals surface area (Å²) >= 11 is 0. The van der Waals surface area contributed by atoms with Crippen molar-refractivity contribution >= 4 is 17.6 Å². The molecule has 0 radical (unpaired) electrons. The predicted molar refractivity (Wildman–Crippen MR) is 75.0 cm³/mol. The summed E-state index contributed by atoms with van der Waals surface area (Å²) in [5, 5.41) is 12.1. The number of carbonyl (C=O) groups is 2. The van der Waals surface area contributed by atoms with Gasteiger partial charge in [0.2, 0.25) is 5.91 Å². The molecule has 5 heteroatoms. The number of carboxylic acids is 1. The number of allylic oxidation sites excluding steroid dienone is 2. The fourth-order valence-corrected chi connectivity index (χ4v) is 2.79. The smallest absolute Gasteiger partial charge is 0.307 e. The molecule has 2 rings (SSSR count). The maximum Gasteiger partial charge on any atom is 0.307 e. The zero-order valence-corrected chi connectivity index (χ0v) is 11.5. The Morgan fingerprint density at radius 3 is 2.80 bits per heavy atom. The molecule has 1 heterocycles. The third kappa shape index (κ3) is 3.04. The highest BCUT2D eigenvalue weighted by molar-refractivity contribution is 5.95. The van der Waals surface area contributed by atoms with E-state index in [-0.39, 0.29) is 11.8 Å². The van der Waals surface area contributed by atoms with E-state index in [1.54, 1.807) is 24.5 Å². The molecule has 20 heavy (non-hydrogen) atoms. The minimum absolute atomic E-state index is 0.147. The molecule has 3 atom stereocenters. The molecule has 0 fully saturated rings. The van der Waals surface area contributed by atoms with Gasteiger partial charge in [-0.15, -0.1) is 0 Å². The minimum atomic E-state index is -0.924. The summed E-state index contributed by atoms with van der Waals surface area (Å²) in [7, 11) is 0. The number of hydrogen-bond acceptors (Lipinski definition) is 3. The molecule has 0 unspecified atom stereocenters. The molecule has 0 aromatic carbocycles. The van der Waals surface area contributed by atoms with Crippen LogP contribution in [0, 0.1) is 17.8 Å². The number of rotatable bonds is 3. The second kappa shape index (κ2) is 5.86. The molecule has 0 saturated carbocycles. The van der Waals surface area contributed by atoms with Gasteiger partial charge in [-0.2, -0.15) is 0 Å². The molecule has 1 aliphatic rings. The first-order chi connectivity index (χ1) is 9.49. The van der Waals surface area contributed by atoms with Crippen molar-refractivity contribution in [1.82, 2.24) is 4.98 Å². The summed E-state index contributed by atoms with van der Waals surface area (Å²) in [5.74, 6) is -2.56. The fourth-order valence-electron chi connectivity index (χ4n) is 2.79. The Labute approximate surface area is 117 Å². The first kappa shape index (κ1) is 14.2. The normalized spacial score (nSPS) is 25.7. The second-order valence-electron chi connectivity index (χ2n) is 5.28. The number of nitrogens with zero attached hydrogens (tertiary/aromatic N) is 1. The van der Waals surface area contributed by atoms with E-state index in [1.165, 1.54) is 0 Å². The lowest BCUT2D eigenvalue weighted by Crippen LogP contribution is -2.39. The lowest BCUT2D eigenvalue weighted by Gasteiger charge is -2.31. The lowest BCUT2D eigenvalue weighted by molar-refractivity contribution is -0.148. The average Bonchev–Trinajstić information content (AvgIpc) is 2.38. The molecular weight excluding hydrogens is 256 g/mol. The molecule has 0 spiro atoms. The molecular formula is C15H18N2O3. The SMILES string of the molecule is CC1=C[C@@H](C)[C@@H](C(=O)O)[C@@H](C(=O)Nc2cccnc2)C1. The van der Waals surface area contributed by atoms with Crippen LogP contribution in [0.5, 0.6) is 0 Å². The van der Waals surface area contributed by atoms with E-state index in [2.05, 4.69) is 10.3 Å². The largest absolute Gasteiger partial charge is 0.481 e. The van der Waals surface area contributed by atoms with Crippen molar-refractivity contribution in [1.29, 1.82) is 0 Å². The number of carbonyl (C=O) groups excluding carboxylic acids is 1. The van der Waals surface area contributed by atoms with E-state index in [4.69, 9.17) is 0 Å². The molecule has 5 nitrogen and oxygen atoms in total. The van der Waals surface area contributed by atoms with Gasteiger partial charge in [0.15, 0.2) is 0 Å². The molecule has 106 valence electrons. The average molecular weight is 274 g/mol. The Balaban J connectivity index is 2.18. The highest BCUT2D eigenvalue weighted by Crippen LogP contribution is 2.34. The summed E-state index contributed by atoms with van der Waals surface area (Å²) in [6.07, 6.45) is 5.58. The first-order valence-electron chi connectivity index (χ1n) is 6.60. The van der Waals surface area contributed by atoms with Crippen LogP contribution in [0.1, 0.15) is 20.3 Å². The third-order valence-corrected chi connectivity index (χ3v) is 3.64. The summed E-state index contributed by atoms with van der Waals surface area (Å²) in [6, 6.07) is 3.45. The minimum Gasteiger partial charge on any atom is -0.481 e. The Kier molecular flexibility index (Phi) is 4.17. The topological polar surface area (TPSA) is 79.3 Å². The molecule has 0 bridgehead atoms. The number of nitrogens with one attached hydrogen (secondary N) is 1. The quantitative estimate of drug-likeness (QED) is 0.829. The molecule has 1 amide bonds. The van der Waals surface area contributed by atoms with Crippen molar-refractivity contribution in [2.45, 2.75) is 20.3 Å². The summed E-state index contributed by atoms with van der Waals surface area (Å²) in [5.41, 5.74) is 1.64. The van der Waals surface area contributed by atoms with E-state index in [9.17, 15) is 14.7 Å². The van der Waals surface area contributed by atoms with Crippen LogP contribution in [-0.4, -0.2) is 22.0 Å². The molecule has 0 aliphatic heterocycles. The van der Waals surface area contributed by atoms with Gasteiger partial charge in [-0.25, -0.2) is 0 Å². The number of amides is 1.